The Bertz CT molecular complexity index is 138. The van der Waals surface area contributed by atoms with Gasteiger partial charge >= 0.3 is 5.97 Å². The van der Waals surface area contributed by atoms with E-state index in [9.17, 15) is 4.79 Å². The highest BCUT2D eigenvalue weighted by molar-refractivity contribution is 6.40. The molecule has 0 radical (unpaired) electrons. The van der Waals surface area contributed by atoms with Crippen LogP contribution in [0.25, 0.3) is 0 Å². The van der Waals surface area contributed by atoms with Gasteiger partial charge in [0, 0.05) is 5.38 Å². The third-order valence-corrected chi connectivity index (χ3v) is 2.78. The molecule has 0 bridgehead atoms. The highest BCUT2D eigenvalue weighted by Crippen LogP contribution is 2.19. The third kappa shape index (κ3) is 3.70. The fraction of sp³-hybridized carbons (Fsp3) is 0.800. The van der Waals surface area contributed by atoms with E-state index >= 15 is 0 Å². The van der Waals surface area contributed by atoms with Gasteiger partial charge in [-0.25, -0.2) is 4.79 Å². The Morgan fingerprint density at radius 2 is 1.82 bits per heavy atom. The van der Waals surface area contributed by atoms with Crippen molar-refractivity contribution >= 4 is 52.6 Å². The summed E-state index contributed by atoms with van der Waals surface area (Å²) >= 11 is 21.4. The summed E-state index contributed by atoms with van der Waals surface area (Å²) in [6, 6.07) is 0. The summed E-state index contributed by atoms with van der Waals surface area (Å²) in [4.78, 5) is 10.6. The molecule has 0 amide bonds. The Morgan fingerprint density at radius 1 is 1.36 bits per heavy atom. The molecule has 0 fully saturated rings. The Balaban J connectivity index is 4.01. The van der Waals surface area contributed by atoms with Crippen molar-refractivity contribution in [3.8, 4) is 0 Å². The second-order valence-corrected chi connectivity index (χ2v) is 3.74. The Hall–Kier alpha value is 0.630. The van der Waals surface area contributed by atoms with E-state index < -0.39 is 22.1 Å². The summed E-state index contributed by atoms with van der Waals surface area (Å²) in [5.41, 5.74) is 0. The van der Waals surface area contributed by atoms with Crippen LogP contribution in [0.2, 0.25) is 0 Å². The van der Waals surface area contributed by atoms with E-state index in [0.717, 1.165) is 0 Å². The molecule has 0 aromatic carbocycles. The first-order valence-electron chi connectivity index (χ1n) is 2.75. The zero-order valence-corrected chi connectivity index (χ0v) is 8.58. The quantitative estimate of drug-likeness (QED) is 0.708. The fourth-order valence-electron chi connectivity index (χ4n) is 0.405. The van der Waals surface area contributed by atoms with Gasteiger partial charge in [-0.15, -0.1) is 34.8 Å². The molecule has 0 aliphatic heterocycles. The van der Waals surface area contributed by atoms with Crippen LogP contribution >= 0.6 is 46.7 Å². The van der Waals surface area contributed by atoms with Crippen LogP contribution in [0.15, 0.2) is 0 Å². The second-order valence-electron chi connectivity index (χ2n) is 1.92. The van der Waals surface area contributed by atoms with E-state index in [4.69, 9.17) is 46.7 Å². The minimum absolute atomic E-state index is 0.421. The van der Waals surface area contributed by atoms with Crippen LogP contribution in [0, 0.1) is 0 Å². The predicted molar refractivity (Wildman–Crippen MR) is 46.5 cm³/mol. The highest BCUT2D eigenvalue weighted by atomic mass is 35.5. The van der Waals surface area contributed by atoms with Gasteiger partial charge in [0.15, 0.2) is 5.38 Å². The van der Waals surface area contributed by atoms with Crippen molar-refractivity contribution in [1.82, 2.24) is 0 Å². The molecular weight excluding hydrogens is 234 g/mol. The number of carbonyl (C=O) groups excluding carboxylic acids is 1. The summed E-state index contributed by atoms with van der Waals surface area (Å²) in [6.07, 6.45) is 0. The van der Waals surface area contributed by atoms with Crippen molar-refractivity contribution in [2.24, 2.45) is 0 Å². The minimum Gasteiger partial charge on any atom is -0.346 e. The average molecular weight is 240 g/mol. The topological polar surface area (TPSA) is 26.3 Å². The molecule has 0 saturated heterocycles. The first kappa shape index (κ1) is 11.6. The number of hydrogen-bond donors (Lipinski definition) is 0. The van der Waals surface area contributed by atoms with Gasteiger partial charge in [0.2, 0.25) is 0 Å². The maximum absolute atomic E-state index is 10.6. The summed E-state index contributed by atoms with van der Waals surface area (Å²) in [5, 5.41) is -2.12. The Kier molecular flexibility index (Phi) is 5.61. The predicted octanol–water partition coefficient (Wildman–Crippen LogP) is 2.53. The maximum Gasteiger partial charge on any atom is 0.343 e. The molecule has 0 saturated carbocycles. The first-order valence-corrected chi connectivity index (χ1v) is 4.37. The molecule has 66 valence electrons. The van der Waals surface area contributed by atoms with Crippen LogP contribution < -0.4 is 0 Å². The molecule has 0 rings (SSSR count). The molecule has 6 heteroatoms. The molecule has 3 atom stereocenters. The number of hydrogen-bond acceptors (Lipinski definition) is 2. The minimum atomic E-state index is -1.01. The van der Waals surface area contributed by atoms with Gasteiger partial charge in [-0.05, 0) is 6.92 Å². The van der Waals surface area contributed by atoms with Crippen molar-refractivity contribution < 1.29 is 9.08 Å². The first-order chi connectivity index (χ1) is 5.00. The normalized spacial score (nSPS) is 18.6. The lowest BCUT2D eigenvalue weighted by atomic mass is 10.2. The van der Waals surface area contributed by atoms with Gasteiger partial charge in [0.05, 0.1) is 5.38 Å². The lowest BCUT2D eigenvalue weighted by Crippen LogP contribution is -2.30. The van der Waals surface area contributed by atoms with Crippen LogP contribution in [0.1, 0.15) is 6.92 Å². The van der Waals surface area contributed by atoms with E-state index in [1.54, 1.807) is 6.92 Å². The number of carbonyl (C=O) groups is 1. The maximum atomic E-state index is 10.6. The van der Waals surface area contributed by atoms with Crippen molar-refractivity contribution in [3.63, 3.8) is 0 Å². The molecule has 0 heterocycles. The largest absolute Gasteiger partial charge is 0.346 e. The van der Waals surface area contributed by atoms with Crippen LogP contribution in [0.4, 0.5) is 0 Å². The summed E-state index contributed by atoms with van der Waals surface area (Å²) in [5.74, 6) is -0.791. The van der Waals surface area contributed by atoms with Gasteiger partial charge in [-0.2, -0.15) is 0 Å². The van der Waals surface area contributed by atoms with E-state index in [-0.39, 0.29) is 0 Å². The molecule has 2 nitrogen and oxygen atoms in total. The lowest BCUT2D eigenvalue weighted by Gasteiger charge is -2.14. The Labute approximate surface area is 84.9 Å². The smallest absolute Gasteiger partial charge is 0.343 e. The molecule has 0 aromatic heterocycles. The van der Waals surface area contributed by atoms with E-state index in [1.165, 1.54) is 0 Å². The lowest BCUT2D eigenvalue weighted by molar-refractivity contribution is -0.133. The van der Waals surface area contributed by atoms with Gasteiger partial charge in [-0.3, -0.25) is 0 Å². The van der Waals surface area contributed by atoms with Crippen LogP contribution in [0.3, 0.4) is 0 Å². The van der Waals surface area contributed by atoms with E-state index in [0.29, 0.717) is 0 Å². The van der Waals surface area contributed by atoms with Crippen molar-refractivity contribution in [1.29, 1.82) is 0 Å². The van der Waals surface area contributed by atoms with Gasteiger partial charge in [0.1, 0.15) is 11.9 Å². The molecule has 11 heavy (non-hydrogen) atoms. The van der Waals surface area contributed by atoms with E-state index in [1.807, 2.05) is 0 Å². The zero-order valence-electron chi connectivity index (χ0n) is 5.56. The average Bonchev–Trinajstić information content (AvgIpc) is 2.00. The zero-order chi connectivity index (χ0) is 9.02. The van der Waals surface area contributed by atoms with Crippen LogP contribution in [0.5, 0.6) is 0 Å². The molecule has 0 N–H and O–H groups in total. The summed E-state index contributed by atoms with van der Waals surface area (Å²) in [7, 11) is 0. The standard InChI is InChI=1S/C5H6Cl4O2/c1-2(6)3(7)4(8)5(10)11-9/h2-4H,1H3. The van der Waals surface area contributed by atoms with Crippen molar-refractivity contribution in [3.05, 3.63) is 0 Å². The molecule has 3 unspecified atom stereocenters. The monoisotopic (exact) mass is 238 g/mol. The molecule has 0 aromatic rings. The second kappa shape index (κ2) is 5.31. The Morgan fingerprint density at radius 3 is 2.09 bits per heavy atom. The van der Waals surface area contributed by atoms with Crippen LogP contribution in [-0.2, 0) is 9.08 Å². The number of rotatable bonds is 3. The highest BCUT2D eigenvalue weighted by Gasteiger charge is 2.29. The van der Waals surface area contributed by atoms with Gasteiger partial charge < -0.3 is 4.29 Å². The summed E-state index contributed by atoms with van der Waals surface area (Å²) in [6.45, 7) is 1.62. The number of alkyl halides is 3. The SMILES string of the molecule is CC(Cl)C(Cl)C(Cl)C(=O)OCl. The van der Waals surface area contributed by atoms with Crippen molar-refractivity contribution in [2.45, 2.75) is 23.1 Å². The van der Waals surface area contributed by atoms with Gasteiger partial charge in [0.25, 0.3) is 0 Å². The third-order valence-electron chi connectivity index (χ3n) is 1.02. The molecule has 0 aliphatic carbocycles. The van der Waals surface area contributed by atoms with Gasteiger partial charge in [-0.1, -0.05) is 0 Å². The summed E-state index contributed by atoms with van der Waals surface area (Å²) < 4.78 is 3.84. The van der Waals surface area contributed by atoms with Crippen LogP contribution in [-0.4, -0.2) is 22.1 Å². The molecule has 0 aliphatic rings. The molecule has 0 spiro atoms. The fourth-order valence-corrected chi connectivity index (χ4v) is 1.13. The van der Waals surface area contributed by atoms with Crippen molar-refractivity contribution in [2.75, 3.05) is 0 Å². The van der Waals surface area contributed by atoms with E-state index in [2.05, 4.69) is 4.29 Å². The number of halogens is 4. The molecular formula is C5H6Cl4O2.